The summed E-state index contributed by atoms with van der Waals surface area (Å²) in [6.45, 7) is 5.83. The molecule has 2 amide bonds. The molecule has 2 aromatic heterocycles. The van der Waals surface area contributed by atoms with Gasteiger partial charge in [-0.25, -0.2) is 14.6 Å². The smallest absolute Gasteiger partial charge is 0.338 e. The van der Waals surface area contributed by atoms with E-state index in [9.17, 15) is 9.59 Å². The third-order valence-electron chi connectivity index (χ3n) is 5.20. The number of carbonyl (C=O) groups is 2. The van der Waals surface area contributed by atoms with Crippen LogP contribution in [0.3, 0.4) is 0 Å². The summed E-state index contributed by atoms with van der Waals surface area (Å²) in [6.07, 6.45) is 1.80. The summed E-state index contributed by atoms with van der Waals surface area (Å²) >= 11 is 1.51. The molecule has 2 aliphatic rings. The molecule has 2 aliphatic heterocycles. The Kier molecular flexibility index (Phi) is 6.29. The number of amides is 2. The Morgan fingerprint density at radius 2 is 2.07 bits per heavy atom. The average molecular weight is 428 g/mol. The molecule has 9 heteroatoms. The van der Waals surface area contributed by atoms with E-state index in [1.54, 1.807) is 13.1 Å². The first-order valence-electron chi connectivity index (χ1n) is 10.0. The Morgan fingerprint density at radius 1 is 1.23 bits per heavy atom. The molecular formula is C21H25N5O3S. The maximum atomic E-state index is 12.8. The zero-order valence-electron chi connectivity index (χ0n) is 16.8. The van der Waals surface area contributed by atoms with Gasteiger partial charge in [0.25, 0.3) is 0 Å². The summed E-state index contributed by atoms with van der Waals surface area (Å²) in [5, 5.41) is 7.66. The first-order chi connectivity index (χ1) is 14.7. The molecule has 0 spiro atoms. The molecule has 4 rings (SSSR count). The molecule has 1 fully saturated rings. The van der Waals surface area contributed by atoms with Gasteiger partial charge in [0.15, 0.2) is 0 Å². The molecule has 0 bridgehead atoms. The van der Waals surface area contributed by atoms with Gasteiger partial charge < -0.3 is 20.3 Å². The predicted octanol–water partition coefficient (Wildman–Crippen LogP) is 2.14. The SMILES string of the molecule is CCOC(=O)C1=C(CN2CCN(c3ccccn3)CC2)NC(=O)N[C@@H]1c1cccs1. The van der Waals surface area contributed by atoms with Crippen molar-refractivity contribution >= 4 is 29.2 Å². The minimum atomic E-state index is -0.498. The number of urea groups is 1. The van der Waals surface area contributed by atoms with Crippen LogP contribution in [-0.4, -0.2) is 61.2 Å². The number of anilines is 1. The van der Waals surface area contributed by atoms with Gasteiger partial charge in [0.05, 0.1) is 18.2 Å². The standard InChI is InChI=1S/C21H25N5O3S/c1-2-29-20(27)18-15(23-21(28)24-19(18)16-6-5-13-30-16)14-25-9-11-26(12-10-25)17-7-3-4-8-22-17/h3-8,13,19H,2,9-12,14H2,1H3,(H2,23,24,28)/t19-/m1/s1. The third-order valence-corrected chi connectivity index (χ3v) is 6.14. The number of aromatic nitrogens is 1. The van der Waals surface area contributed by atoms with E-state index < -0.39 is 12.0 Å². The molecule has 1 saturated heterocycles. The molecule has 2 N–H and O–H groups in total. The first-order valence-corrected chi connectivity index (χ1v) is 10.9. The van der Waals surface area contributed by atoms with Crippen molar-refractivity contribution in [1.82, 2.24) is 20.5 Å². The lowest BCUT2D eigenvalue weighted by molar-refractivity contribution is -0.139. The number of hydrogen-bond donors (Lipinski definition) is 2. The minimum Gasteiger partial charge on any atom is -0.463 e. The van der Waals surface area contributed by atoms with Gasteiger partial charge in [-0.2, -0.15) is 0 Å². The van der Waals surface area contributed by atoms with Gasteiger partial charge >= 0.3 is 12.0 Å². The van der Waals surface area contributed by atoms with Crippen LogP contribution >= 0.6 is 11.3 Å². The van der Waals surface area contributed by atoms with Crippen LogP contribution < -0.4 is 15.5 Å². The van der Waals surface area contributed by atoms with Gasteiger partial charge in [-0.15, -0.1) is 11.3 Å². The highest BCUT2D eigenvalue weighted by molar-refractivity contribution is 7.10. The van der Waals surface area contributed by atoms with E-state index in [1.807, 2.05) is 35.7 Å². The number of nitrogens with one attached hydrogen (secondary N) is 2. The second-order valence-electron chi connectivity index (χ2n) is 7.11. The van der Waals surface area contributed by atoms with Crippen LogP contribution in [0, 0.1) is 0 Å². The number of hydrogen-bond acceptors (Lipinski definition) is 7. The number of nitrogens with zero attached hydrogens (tertiary/aromatic N) is 3. The van der Waals surface area contributed by atoms with Crippen molar-refractivity contribution in [2.24, 2.45) is 0 Å². The molecule has 30 heavy (non-hydrogen) atoms. The zero-order valence-corrected chi connectivity index (χ0v) is 17.7. The lowest BCUT2D eigenvalue weighted by Crippen LogP contribution is -2.51. The minimum absolute atomic E-state index is 0.281. The normalized spacial score (nSPS) is 20.0. The molecule has 0 aromatic carbocycles. The second kappa shape index (κ2) is 9.27. The van der Waals surface area contributed by atoms with E-state index >= 15 is 0 Å². The molecule has 0 unspecified atom stereocenters. The quantitative estimate of drug-likeness (QED) is 0.687. The molecule has 2 aromatic rings. The van der Waals surface area contributed by atoms with Crippen molar-refractivity contribution in [3.63, 3.8) is 0 Å². The van der Waals surface area contributed by atoms with Crippen LogP contribution in [0.25, 0.3) is 0 Å². The number of pyridine rings is 1. The van der Waals surface area contributed by atoms with Crippen LogP contribution in [0.2, 0.25) is 0 Å². The van der Waals surface area contributed by atoms with Crippen LogP contribution in [-0.2, 0) is 9.53 Å². The molecule has 0 radical (unpaired) electrons. The fourth-order valence-electron chi connectivity index (χ4n) is 3.76. The summed E-state index contributed by atoms with van der Waals surface area (Å²) in [6, 6.07) is 8.94. The highest BCUT2D eigenvalue weighted by Gasteiger charge is 2.35. The van der Waals surface area contributed by atoms with Gasteiger partial charge in [0.1, 0.15) is 5.82 Å². The predicted molar refractivity (Wildman–Crippen MR) is 115 cm³/mol. The van der Waals surface area contributed by atoms with Crippen LogP contribution in [0.5, 0.6) is 0 Å². The van der Waals surface area contributed by atoms with Crippen molar-refractivity contribution in [1.29, 1.82) is 0 Å². The summed E-state index contributed by atoms with van der Waals surface area (Å²) in [5.41, 5.74) is 1.09. The van der Waals surface area contributed by atoms with Crippen molar-refractivity contribution in [2.45, 2.75) is 13.0 Å². The van der Waals surface area contributed by atoms with Crippen molar-refractivity contribution in [2.75, 3.05) is 44.2 Å². The summed E-state index contributed by atoms with van der Waals surface area (Å²) < 4.78 is 5.32. The van der Waals surface area contributed by atoms with E-state index in [0.29, 0.717) is 17.8 Å². The Hall–Kier alpha value is -2.91. The van der Waals surface area contributed by atoms with Gasteiger partial charge in [-0.3, -0.25) is 4.90 Å². The van der Waals surface area contributed by atoms with E-state index in [2.05, 4.69) is 25.4 Å². The Bertz CT molecular complexity index is 908. The zero-order chi connectivity index (χ0) is 20.9. The Morgan fingerprint density at radius 3 is 2.73 bits per heavy atom. The van der Waals surface area contributed by atoms with Gasteiger partial charge in [0.2, 0.25) is 0 Å². The molecule has 158 valence electrons. The van der Waals surface area contributed by atoms with E-state index in [1.165, 1.54) is 11.3 Å². The topological polar surface area (TPSA) is 86.8 Å². The third kappa shape index (κ3) is 4.47. The largest absolute Gasteiger partial charge is 0.463 e. The maximum absolute atomic E-state index is 12.8. The van der Waals surface area contributed by atoms with Gasteiger partial charge in [-0.05, 0) is 30.5 Å². The molecule has 0 aliphatic carbocycles. The number of esters is 1. The lowest BCUT2D eigenvalue weighted by atomic mass is 10.0. The summed E-state index contributed by atoms with van der Waals surface area (Å²) in [4.78, 5) is 35.0. The van der Waals surface area contributed by atoms with E-state index in [0.717, 1.165) is 36.9 Å². The fraction of sp³-hybridized carbons (Fsp3) is 0.381. The number of ether oxygens (including phenoxy) is 1. The van der Waals surface area contributed by atoms with Crippen molar-refractivity contribution < 1.29 is 14.3 Å². The summed E-state index contributed by atoms with van der Waals surface area (Å²) in [7, 11) is 0. The molecule has 1 atom stereocenters. The Labute approximate surface area is 179 Å². The highest BCUT2D eigenvalue weighted by Crippen LogP contribution is 2.31. The van der Waals surface area contributed by atoms with Gasteiger partial charge in [-0.1, -0.05) is 12.1 Å². The second-order valence-corrected chi connectivity index (χ2v) is 8.09. The van der Waals surface area contributed by atoms with Crippen LogP contribution in [0.1, 0.15) is 17.8 Å². The fourth-order valence-corrected chi connectivity index (χ4v) is 4.55. The van der Waals surface area contributed by atoms with Gasteiger partial charge in [0, 0.05) is 49.5 Å². The number of rotatable bonds is 6. The monoisotopic (exact) mass is 427 g/mol. The molecule has 4 heterocycles. The highest BCUT2D eigenvalue weighted by atomic mass is 32.1. The number of piperazine rings is 1. The average Bonchev–Trinajstić information content (AvgIpc) is 3.29. The number of carbonyl (C=O) groups excluding carboxylic acids is 2. The first kappa shape index (κ1) is 20.4. The van der Waals surface area contributed by atoms with Crippen molar-refractivity contribution in [3.8, 4) is 0 Å². The lowest BCUT2D eigenvalue weighted by Gasteiger charge is -2.37. The number of thiophene rings is 1. The van der Waals surface area contributed by atoms with Crippen LogP contribution in [0.4, 0.5) is 10.6 Å². The molecular weight excluding hydrogens is 402 g/mol. The Balaban J connectivity index is 1.53. The maximum Gasteiger partial charge on any atom is 0.338 e. The molecule has 0 saturated carbocycles. The van der Waals surface area contributed by atoms with E-state index in [-0.39, 0.29) is 12.6 Å². The molecule has 8 nitrogen and oxygen atoms in total. The van der Waals surface area contributed by atoms with Crippen molar-refractivity contribution in [3.05, 3.63) is 58.1 Å². The summed E-state index contributed by atoms with van der Waals surface area (Å²) in [5.74, 6) is 0.571. The van der Waals surface area contributed by atoms with E-state index in [4.69, 9.17) is 4.74 Å². The van der Waals surface area contributed by atoms with Crippen LogP contribution in [0.15, 0.2) is 53.2 Å².